The van der Waals surface area contributed by atoms with Crippen LogP contribution in [0.2, 0.25) is 0 Å². The minimum atomic E-state index is -4.69. The molecule has 1 aliphatic rings. The number of nitrogens with zero attached hydrogens (tertiary/aromatic N) is 7. The number of fused-ring (bicyclic) bond motifs is 8. The molecule has 6 heterocycles. The Bertz CT molecular complexity index is 1550. The van der Waals surface area contributed by atoms with Gasteiger partial charge in [0.25, 0.3) is 0 Å². The number of rotatable bonds is 0. The van der Waals surface area contributed by atoms with E-state index in [0.717, 1.165) is 0 Å². The maximum atomic E-state index is 13.8. The second-order valence-electron chi connectivity index (χ2n) is 7.57. The monoisotopic (exact) mass is 453 g/mol. The van der Waals surface area contributed by atoms with Crippen LogP contribution >= 0.6 is 0 Å². The van der Waals surface area contributed by atoms with Crippen molar-refractivity contribution in [1.82, 2.24) is 39.3 Å². The maximum Gasteiger partial charge on any atom is 0.435 e. The quantitative estimate of drug-likeness (QED) is 0.372. The molecule has 0 unspecified atom stereocenters. The number of carbonyl (C=O) groups is 1. The summed E-state index contributed by atoms with van der Waals surface area (Å²) < 4.78 is 44.2. The average Bonchev–Trinajstić information content (AvgIpc) is 3.46. The molecule has 2 N–H and O–H groups in total. The van der Waals surface area contributed by atoms with Crippen molar-refractivity contribution in [3.63, 3.8) is 0 Å². The van der Waals surface area contributed by atoms with Crippen molar-refractivity contribution >= 4 is 28.5 Å². The van der Waals surface area contributed by atoms with Gasteiger partial charge in [0.15, 0.2) is 17.2 Å². The minimum Gasteiger partial charge on any atom is -0.309 e. The molecule has 33 heavy (non-hydrogen) atoms. The van der Waals surface area contributed by atoms with Gasteiger partial charge in [-0.3, -0.25) is 19.0 Å². The first-order valence-electron chi connectivity index (χ1n) is 10.0. The third kappa shape index (κ3) is 3.11. The van der Waals surface area contributed by atoms with E-state index in [0.29, 0.717) is 17.0 Å². The first-order chi connectivity index (χ1) is 15.9. The predicted molar refractivity (Wildman–Crippen MR) is 110 cm³/mol. The molecule has 0 spiro atoms. The van der Waals surface area contributed by atoms with Crippen LogP contribution in [0.15, 0.2) is 36.8 Å². The van der Waals surface area contributed by atoms with E-state index in [4.69, 9.17) is 0 Å². The van der Waals surface area contributed by atoms with Gasteiger partial charge in [-0.1, -0.05) is 6.07 Å². The number of aromatic nitrogens is 8. The number of anilines is 1. The van der Waals surface area contributed by atoms with Crippen molar-refractivity contribution in [3.8, 4) is 22.6 Å². The van der Waals surface area contributed by atoms with Crippen molar-refractivity contribution in [2.45, 2.75) is 25.6 Å². The molecule has 1 aliphatic heterocycles. The summed E-state index contributed by atoms with van der Waals surface area (Å²) in [5.74, 6) is -0.0325. The van der Waals surface area contributed by atoms with Gasteiger partial charge in [0.1, 0.15) is 22.6 Å². The summed E-state index contributed by atoms with van der Waals surface area (Å²) in [4.78, 5) is 25.9. The van der Waals surface area contributed by atoms with Crippen LogP contribution in [0.4, 0.5) is 19.0 Å². The van der Waals surface area contributed by atoms with Gasteiger partial charge in [-0.2, -0.15) is 23.4 Å². The van der Waals surface area contributed by atoms with E-state index in [-0.39, 0.29) is 53.5 Å². The number of pyridine rings is 1. The second-order valence-corrected chi connectivity index (χ2v) is 7.57. The van der Waals surface area contributed by atoms with Crippen LogP contribution in [-0.4, -0.2) is 45.2 Å². The van der Waals surface area contributed by atoms with Gasteiger partial charge >= 0.3 is 6.18 Å². The Morgan fingerprint density at radius 3 is 2.88 bits per heavy atom. The zero-order valence-electron chi connectivity index (χ0n) is 16.8. The molecule has 13 heteroatoms. The Balaban J connectivity index is 1.65. The number of hydrogen-bond acceptors (Lipinski definition) is 6. The smallest absolute Gasteiger partial charge is 0.309 e. The third-order valence-electron chi connectivity index (χ3n) is 5.38. The van der Waals surface area contributed by atoms with E-state index < -0.39 is 11.9 Å². The summed E-state index contributed by atoms with van der Waals surface area (Å²) in [6.45, 7) is 0.123. The lowest BCUT2D eigenvalue weighted by Gasteiger charge is -2.07. The van der Waals surface area contributed by atoms with E-state index in [1.807, 2.05) is 0 Å². The largest absolute Gasteiger partial charge is 0.435 e. The average molecular weight is 453 g/mol. The molecule has 10 nitrogen and oxygen atoms in total. The molecule has 0 saturated heterocycles. The first-order valence-corrected chi connectivity index (χ1v) is 10.0. The summed E-state index contributed by atoms with van der Waals surface area (Å²) in [6.07, 6.45) is 0.153. The highest BCUT2D eigenvalue weighted by molar-refractivity contribution is 5.95. The summed E-state index contributed by atoms with van der Waals surface area (Å²) in [5, 5.41) is 13.2. The van der Waals surface area contributed by atoms with E-state index >= 15 is 0 Å². The van der Waals surface area contributed by atoms with Crippen molar-refractivity contribution in [2.24, 2.45) is 0 Å². The fourth-order valence-corrected chi connectivity index (χ4v) is 3.95. The SMILES string of the molecule is O=C1CCCn2cc(c(C(F)(F)F)n2)-c2[nH]nc3ncc(nc23)-c2c(nc3ccccn23)N1. The van der Waals surface area contributed by atoms with Crippen LogP contribution in [-0.2, 0) is 17.5 Å². The molecule has 0 aliphatic carbocycles. The third-order valence-corrected chi connectivity index (χ3v) is 5.38. The van der Waals surface area contributed by atoms with Gasteiger partial charge < -0.3 is 5.32 Å². The lowest BCUT2D eigenvalue weighted by atomic mass is 10.1. The van der Waals surface area contributed by atoms with Crippen LogP contribution < -0.4 is 5.32 Å². The summed E-state index contributed by atoms with van der Waals surface area (Å²) in [7, 11) is 0. The molecule has 0 saturated carbocycles. The van der Waals surface area contributed by atoms with Gasteiger partial charge in [0.2, 0.25) is 5.91 Å². The van der Waals surface area contributed by atoms with E-state index in [2.05, 4.69) is 35.6 Å². The zero-order valence-corrected chi connectivity index (χ0v) is 16.8. The van der Waals surface area contributed by atoms with Crippen LogP contribution in [0, 0.1) is 0 Å². The van der Waals surface area contributed by atoms with Gasteiger partial charge in [-0.05, 0) is 18.6 Å². The number of amides is 1. The fraction of sp³-hybridized carbons (Fsp3) is 0.200. The molecular weight excluding hydrogens is 439 g/mol. The number of carbonyl (C=O) groups excluding carboxylic acids is 1. The van der Waals surface area contributed by atoms with Gasteiger partial charge in [-0.25, -0.2) is 15.0 Å². The van der Waals surface area contributed by atoms with Crippen molar-refractivity contribution < 1.29 is 18.0 Å². The van der Waals surface area contributed by atoms with Crippen LogP contribution in [0.25, 0.3) is 39.5 Å². The lowest BCUT2D eigenvalue weighted by molar-refractivity contribution is -0.141. The number of aryl methyl sites for hydroxylation is 1. The minimum absolute atomic E-state index is 0.0643. The second kappa shape index (κ2) is 6.85. The van der Waals surface area contributed by atoms with Crippen molar-refractivity contribution in [1.29, 1.82) is 0 Å². The van der Waals surface area contributed by atoms with Crippen LogP contribution in [0.1, 0.15) is 18.5 Å². The number of hydrogen-bond donors (Lipinski definition) is 2. The van der Waals surface area contributed by atoms with Gasteiger partial charge in [0.05, 0.1) is 17.5 Å². The number of alkyl halides is 3. The Hall–Kier alpha value is -4.29. The maximum absolute atomic E-state index is 13.8. The Kier molecular flexibility index (Phi) is 4.03. The van der Waals surface area contributed by atoms with Crippen LogP contribution in [0.5, 0.6) is 0 Å². The predicted octanol–water partition coefficient (Wildman–Crippen LogP) is 3.28. The molecule has 0 fully saturated rings. The molecule has 1 amide bonds. The molecule has 5 aromatic heterocycles. The number of nitrogens with one attached hydrogen (secondary N) is 2. The summed E-state index contributed by atoms with van der Waals surface area (Å²) in [6, 6.07) is 5.37. The van der Waals surface area contributed by atoms with Gasteiger partial charge in [-0.15, -0.1) is 0 Å². The Morgan fingerprint density at radius 1 is 1.15 bits per heavy atom. The Morgan fingerprint density at radius 2 is 2.03 bits per heavy atom. The van der Waals surface area contributed by atoms with Gasteiger partial charge in [0, 0.05) is 25.4 Å². The van der Waals surface area contributed by atoms with E-state index in [1.54, 1.807) is 28.8 Å². The summed E-state index contributed by atoms with van der Waals surface area (Å²) >= 11 is 0. The zero-order chi connectivity index (χ0) is 22.7. The normalized spacial score (nSPS) is 14.5. The number of H-pyrrole nitrogens is 1. The number of halogens is 3. The van der Waals surface area contributed by atoms with Crippen LogP contribution in [0.3, 0.4) is 0 Å². The highest BCUT2D eigenvalue weighted by atomic mass is 19.4. The summed E-state index contributed by atoms with van der Waals surface area (Å²) in [5.41, 5.74) is 0.474. The molecular formula is C20H14F3N9O. The van der Waals surface area contributed by atoms with Crippen molar-refractivity contribution in [2.75, 3.05) is 5.32 Å². The molecule has 5 aromatic rings. The lowest BCUT2D eigenvalue weighted by Crippen LogP contribution is -2.14. The van der Waals surface area contributed by atoms with E-state index in [9.17, 15) is 18.0 Å². The molecule has 0 aromatic carbocycles. The molecule has 166 valence electrons. The highest BCUT2D eigenvalue weighted by Gasteiger charge is 2.38. The first kappa shape index (κ1) is 19.4. The molecule has 4 bridgehead atoms. The number of imidazole rings is 1. The van der Waals surface area contributed by atoms with Crippen molar-refractivity contribution in [3.05, 3.63) is 42.5 Å². The molecule has 6 rings (SSSR count). The topological polar surface area (TPSA) is 119 Å². The number of aromatic amines is 1. The standard InChI is InChI=1S/C20H14F3N9O/c21-20(22,23)17-10-9-31(30-17)6-3-5-13(33)27-19-16(32-7-2-1-4-12(32)26-19)11-8-24-18-15(25-11)14(10)28-29-18/h1-2,4,7-9H,3,5-6H2,(H,27,33)(H,24,28,29). The highest BCUT2D eigenvalue weighted by Crippen LogP contribution is 2.38. The Labute approximate surface area is 182 Å². The fourth-order valence-electron chi connectivity index (χ4n) is 3.95. The van der Waals surface area contributed by atoms with E-state index in [1.165, 1.54) is 17.1 Å². The molecule has 0 radical (unpaired) electrons. The molecule has 0 atom stereocenters.